The molecule has 3 aromatic rings. The molecule has 1 aromatic heterocycles. The first kappa shape index (κ1) is 16.4. The summed E-state index contributed by atoms with van der Waals surface area (Å²) in [6, 6.07) is 15.9. The number of benzene rings is 2. The number of ether oxygens (including phenoxy) is 1. The van der Waals surface area contributed by atoms with Crippen LogP contribution in [-0.2, 0) is 11.3 Å². The van der Waals surface area contributed by atoms with E-state index in [-0.39, 0.29) is 5.91 Å². The Bertz CT molecular complexity index is 854. The molecule has 3 rings (SSSR count). The molecular weight excluding hydrogens is 318 g/mol. The van der Waals surface area contributed by atoms with Gasteiger partial charge in [-0.15, -0.1) is 0 Å². The minimum Gasteiger partial charge on any atom is -0.423 e. The molecule has 25 heavy (non-hydrogen) atoms. The van der Waals surface area contributed by atoms with E-state index in [4.69, 9.17) is 4.74 Å². The smallest absolute Gasteiger partial charge is 0.343 e. The second-order valence-electron chi connectivity index (χ2n) is 5.44. The summed E-state index contributed by atoms with van der Waals surface area (Å²) in [5, 5.41) is 6.85. The number of aromatic nitrogens is 2. The second kappa shape index (κ2) is 7.44. The lowest BCUT2D eigenvalue weighted by atomic mass is 10.1. The number of nitrogens with zero attached hydrogens (tertiary/aromatic N) is 2. The monoisotopic (exact) mass is 335 g/mol. The lowest BCUT2D eigenvalue weighted by Crippen LogP contribution is -2.18. The van der Waals surface area contributed by atoms with E-state index in [2.05, 4.69) is 10.4 Å². The second-order valence-corrected chi connectivity index (χ2v) is 5.44. The van der Waals surface area contributed by atoms with Gasteiger partial charge in [-0.25, -0.2) is 9.48 Å². The molecule has 0 aliphatic rings. The van der Waals surface area contributed by atoms with Crippen LogP contribution in [0.1, 0.15) is 22.8 Å². The summed E-state index contributed by atoms with van der Waals surface area (Å²) in [7, 11) is 0. The number of carbonyl (C=O) groups excluding carboxylic acids is 2. The van der Waals surface area contributed by atoms with E-state index < -0.39 is 5.97 Å². The van der Waals surface area contributed by atoms with Crippen LogP contribution in [0.3, 0.4) is 0 Å². The highest BCUT2D eigenvalue weighted by molar-refractivity contribution is 5.91. The normalized spacial score (nSPS) is 10.3. The fraction of sp³-hybridized carbons (Fsp3) is 0.105. The summed E-state index contributed by atoms with van der Waals surface area (Å²) in [6.07, 6.45) is 3.53. The molecule has 0 aliphatic heterocycles. The Hall–Kier alpha value is -3.41. The van der Waals surface area contributed by atoms with Crippen LogP contribution >= 0.6 is 0 Å². The van der Waals surface area contributed by atoms with Crippen LogP contribution in [0.25, 0.3) is 5.69 Å². The minimum absolute atomic E-state index is 0.0953. The van der Waals surface area contributed by atoms with Crippen LogP contribution < -0.4 is 10.1 Å². The van der Waals surface area contributed by atoms with Gasteiger partial charge in [0.15, 0.2) is 0 Å². The Morgan fingerprint density at radius 1 is 1.08 bits per heavy atom. The van der Waals surface area contributed by atoms with E-state index in [0.717, 1.165) is 11.3 Å². The maximum absolute atomic E-state index is 12.2. The van der Waals surface area contributed by atoms with E-state index in [1.807, 2.05) is 24.4 Å². The fourth-order valence-electron chi connectivity index (χ4n) is 2.24. The molecule has 0 aliphatic carbocycles. The topological polar surface area (TPSA) is 73.2 Å². The van der Waals surface area contributed by atoms with Gasteiger partial charge in [0, 0.05) is 25.9 Å². The standard InChI is InChI=1S/C19H17N3O3/c1-14(23)20-13-15-3-5-16(6-4-15)19(24)25-18-9-7-17(8-10-18)22-12-2-11-21-22/h2-12H,13H2,1H3,(H,20,23). The van der Waals surface area contributed by atoms with Gasteiger partial charge >= 0.3 is 5.97 Å². The van der Waals surface area contributed by atoms with Crippen LogP contribution in [0.2, 0.25) is 0 Å². The van der Waals surface area contributed by atoms with E-state index >= 15 is 0 Å². The highest BCUT2D eigenvalue weighted by atomic mass is 16.5. The van der Waals surface area contributed by atoms with Gasteiger partial charge in [0.25, 0.3) is 0 Å². The lowest BCUT2D eigenvalue weighted by Gasteiger charge is -2.07. The zero-order chi connectivity index (χ0) is 17.6. The number of esters is 1. The Kier molecular flexibility index (Phi) is 4.89. The Balaban J connectivity index is 1.62. The van der Waals surface area contributed by atoms with Crippen molar-refractivity contribution in [2.45, 2.75) is 13.5 Å². The summed E-state index contributed by atoms with van der Waals surface area (Å²) >= 11 is 0. The van der Waals surface area contributed by atoms with Crippen molar-refractivity contribution in [3.8, 4) is 11.4 Å². The average Bonchev–Trinajstić information content (AvgIpc) is 3.15. The van der Waals surface area contributed by atoms with E-state index in [1.54, 1.807) is 47.3 Å². The van der Waals surface area contributed by atoms with Gasteiger partial charge in [-0.1, -0.05) is 12.1 Å². The quantitative estimate of drug-likeness (QED) is 0.575. The SMILES string of the molecule is CC(=O)NCc1ccc(C(=O)Oc2ccc(-n3cccn3)cc2)cc1. The molecule has 2 aromatic carbocycles. The fourth-order valence-corrected chi connectivity index (χ4v) is 2.24. The van der Waals surface area contributed by atoms with Gasteiger partial charge in [0.2, 0.25) is 5.91 Å². The first-order valence-electron chi connectivity index (χ1n) is 7.77. The number of rotatable bonds is 5. The maximum Gasteiger partial charge on any atom is 0.343 e. The van der Waals surface area contributed by atoms with Gasteiger partial charge in [-0.3, -0.25) is 4.79 Å². The molecule has 0 saturated heterocycles. The summed E-state index contributed by atoms with van der Waals surface area (Å²) in [5.74, 6) is -0.0665. The molecular formula is C19H17N3O3. The van der Waals surface area contributed by atoms with E-state index in [9.17, 15) is 9.59 Å². The van der Waals surface area contributed by atoms with Crippen LogP contribution in [0.4, 0.5) is 0 Å². The molecule has 1 heterocycles. The molecule has 0 fully saturated rings. The molecule has 0 saturated carbocycles. The zero-order valence-corrected chi connectivity index (χ0v) is 13.7. The predicted octanol–water partition coefficient (Wildman–Crippen LogP) is 2.73. The molecule has 0 spiro atoms. The van der Waals surface area contributed by atoms with Gasteiger partial charge in [0.1, 0.15) is 5.75 Å². The molecule has 126 valence electrons. The Morgan fingerprint density at radius 3 is 2.40 bits per heavy atom. The third-order valence-corrected chi connectivity index (χ3v) is 3.55. The number of nitrogens with one attached hydrogen (secondary N) is 1. The number of carbonyl (C=O) groups is 2. The number of hydrogen-bond acceptors (Lipinski definition) is 4. The molecule has 6 heteroatoms. The highest BCUT2D eigenvalue weighted by Crippen LogP contribution is 2.16. The van der Waals surface area contributed by atoms with Crippen LogP contribution in [0.5, 0.6) is 5.75 Å². The molecule has 1 N–H and O–H groups in total. The first-order chi connectivity index (χ1) is 12.1. The first-order valence-corrected chi connectivity index (χ1v) is 7.77. The van der Waals surface area contributed by atoms with Crippen molar-refractivity contribution in [3.63, 3.8) is 0 Å². The van der Waals surface area contributed by atoms with Crippen molar-refractivity contribution in [1.29, 1.82) is 0 Å². The number of amides is 1. The van der Waals surface area contributed by atoms with Crippen LogP contribution in [0.15, 0.2) is 67.0 Å². The molecule has 1 amide bonds. The molecule has 0 bridgehead atoms. The Labute approximate surface area is 145 Å². The Morgan fingerprint density at radius 2 is 1.80 bits per heavy atom. The average molecular weight is 335 g/mol. The minimum atomic E-state index is -0.432. The van der Waals surface area contributed by atoms with Crippen LogP contribution in [0, 0.1) is 0 Å². The van der Waals surface area contributed by atoms with Crippen molar-refractivity contribution in [1.82, 2.24) is 15.1 Å². The van der Waals surface area contributed by atoms with Crippen molar-refractivity contribution < 1.29 is 14.3 Å². The third-order valence-electron chi connectivity index (χ3n) is 3.55. The summed E-state index contributed by atoms with van der Waals surface area (Å²) in [6.45, 7) is 1.89. The van der Waals surface area contributed by atoms with E-state index in [0.29, 0.717) is 17.9 Å². The summed E-state index contributed by atoms with van der Waals surface area (Å²) in [4.78, 5) is 23.1. The van der Waals surface area contributed by atoms with E-state index in [1.165, 1.54) is 6.92 Å². The zero-order valence-electron chi connectivity index (χ0n) is 13.7. The largest absolute Gasteiger partial charge is 0.423 e. The molecule has 0 unspecified atom stereocenters. The molecule has 6 nitrogen and oxygen atoms in total. The highest BCUT2D eigenvalue weighted by Gasteiger charge is 2.09. The van der Waals surface area contributed by atoms with Gasteiger partial charge < -0.3 is 10.1 Å². The number of hydrogen-bond donors (Lipinski definition) is 1. The van der Waals surface area contributed by atoms with Gasteiger partial charge in [-0.05, 0) is 48.0 Å². The summed E-state index contributed by atoms with van der Waals surface area (Å²) < 4.78 is 7.09. The summed E-state index contributed by atoms with van der Waals surface area (Å²) in [5.41, 5.74) is 2.24. The van der Waals surface area contributed by atoms with Crippen molar-refractivity contribution in [2.24, 2.45) is 0 Å². The van der Waals surface area contributed by atoms with Gasteiger partial charge in [0.05, 0.1) is 11.3 Å². The van der Waals surface area contributed by atoms with Crippen molar-refractivity contribution >= 4 is 11.9 Å². The molecule has 0 atom stereocenters. The van der Waals surface area contributed by atoms with Crippen LogP contribution in [-0.4, -0.2) is 21.7 Å². The third kappa shape index (κ3) is 4.32. The lowest BCUT2D eigenvalue weighted by molar-refractivity contribution is -0.119. The van der Waals surface area contributed by atoms with Crippen molar-refractivity contribution in [3.05, 3.63) is 78.1 Å². The maximum atomic E-state index is 12.2. The van der Waals surface area contributed by atoms with Crippen molar-refractivity contribution in [2.75, 3.05) is 0 Å². The molecule has 0 radical (unpaired) electrons. The predicted molar refractivity (Wildman–Crippen MR) is 92.5 cm³/mol. The van der Waals surface area contributed by atoms with Gasteiger partial charge in [-0.2, -0.15) is 5.10 Å².